The summed E-state index contributed by atoms with van der Waals surface area (Å²) in [6.07, 6.45) is 9.31. The number of rotatable bonds is 10. The first kappa shape index (κ1) is 13.5. The van der Waals surface area contributed by atoms with Gasteiger partial charge in [0, 0.05) is 12.6 Å². The second kappa shape index (κ2) is 7.66. The smallest absolute Gasteiger partial charge is 0.304 e. The van der Waals surface area contributed by atoms with Gasteiger partial charge in [-0.2, -0.15) is 0 Å². The van der Waals surface area contributed by atoms with Crippen LogP contribution in [0.5, 0.6) is 0 Å². The molecule has 0 aromatic carbocycles. The third kappa shape index (κ3) is 6.11. The molecule has 0 radical (unpaired) electrons. The quantitative estimate of drug-likeness (QED) is 0.583. The van der Waals surface area contributed by atoms with Crippen molar-refractivity contribution in [2.75, 3.05) is 13.1 Å². The van der Waals surface area contributed by atoms with Gasteiger partial charge in [-0.15, -0.1) is 0 Å². The van der Waals surface area contributed by atoms with Crippen molar-refractivity contribution in [2.24, 2.45) is 0 Å². The average Bonchev–Trinajstić information content (AvgIpc) is 3.05. The van der Waals surface area contributed by atoms with Gasteiger partial charge in [0.15, 0.2) is 0 Å². The van der Waals surface area contributed by atoms with Crippen molar-refractivity contribution in [1.29, 1.82) is 0 Å². The van der Waals surface area contributed by atoms with Crippen LogP contribution in [0.4, 0.5) is 0 Å². The molecule has 0 aromatic heterocycles. The Bertz CT molecular complexity index is 202. The van der Waals surface area contributed by atoms with Gasteiger partial charge >= 0.3 is 5.97 Å². The third-order valence-electron chi connectivity index (χ3n) is 3.23. The van der Waals surface area contributed by atoms with E-state index >= 15 is 0 Å². The maximum atomic E-state index is 10.5. The van der Waals surface area contributed by atoms with Crippen LogP contribution in [0.15, 0.2) is 0 Å². The zero-order valence-electron chi connectivity index (χ0n) is 10.5. The molecule has 1 aliphatic carbocycles. The molecular weight excluding hydrogens is 202 g/mol. The van der Waals surface area contributed by atoms with E-state index in [1.54, 1.807) is 0 Å². The van der Waals surface area contributed by atoms with Crippen LogP contribution in [-0.2, 0) is 4.79 Å². The van der Waals surface area contributed by atoms with E-state index in [4.69, 9.17) is 5.11 Å². The molecule has 1 aliphatic rings. The van der Waals surface area contributed by atoms with Crippen molar-refractivity contribution in [2.45, 2.75) is 64.3 Å². The summed E-state index contributed by atoms with van der Waals surface area (Å²) in [6, 6.07) is 0.700. The molecule has 0 aliphatic heterocycles. The number of carboxylic acids is 1. The molecule has 3 heteroatoms. The van der Waals surface area contributed by atoms with Crippen molar-refractivity contribution in [1.82, 2.24) is 4.90 Å². The molecule has 0 atom stereocenters. The summed E-state index contributed by atoms with van der Waals surface area (Å²) in [5.41, 5.74) is 0. The van der Waals surface area contributed by atoms with Crippen LogP contribution in [0.25, 0.3) is 0 Å². The molecule has 16 heavy (non-hydrogen) atoms. The highest BCUT2D eigenvalue weighted by Crippen LogP contribution is 2.27. The fourth-order valence-electron chi connectivity index (χ4n) is 2.07. The van der Waals surface area contributed by atoms with Crippen LogP contribution in [0, 0.1) is 0 Å². The van der Waals surface area contributed by atoms with E-state index in [2.05, 4.69) is 11.8 Å². The Morgan fingerprint density at radius 2 is 1.88 bits per heavy atom. The van der Waals surface area contributed by atoms with Crippen molar-refractivity contribution in [3.8, 4) is 0 Å². The fourth-order valence-corrected chi connectivity index (χ4v) is 2.07. The first-order valence-corrected chi connectivity index (χ1v) is 6.70. The number of carbonyl (C=O) groups is 1. The fraction of sp³-hybridized carbons (Fsp3) is 0.923. The highest BCUT2D eigenvalue weighted by Gasteiger charge is 2.28. The Balaban J connectivity index is 2.06. The maximum Gasteiger partial charge on any atom is 0.304 e. The number of nitrogens with zero attached hydrogens (tertiary/aromatic N) is 1. The molecule has 0 aromatic rings. The molecule has 0 unspecified atom stereocenters. The first-order valence-electron chi connectivity index (χ1n) is 6.70. The van der Waals surface area contributed by atoms with Crippen LogP contribution < -0.4 is 0 Å². The van der Waals surface area contributed by atoms with Gasteiger partial charge in [-0.1, -0.05) is 32.6 Å². The van der Waals surface area contributed by atoms with E-state index in [1.165, 1.54) is 44.9 Å². The predicted octanol–water partition coefficient (Wildman–Crippen LogP) is 2.90. The SMILES string of the molecule is CCCCCCCN(CCC(=O)O)C1CC1. The minimum atomic E-state index is -0.670. The summed E-state index contributed by atoms with van der Waals surface area (Å²) in [7, 11) is 0. The van der Waals surface area contributed by atoms with E-state index in [9.17, 15) is 4.79 Å². The maximum absolute atomic E-state index is 10.5. The molecule has 1 N–H and O–H groups in total. The monoisotopic (exact) mass is 227 g/mol. The minimum absolute atomic E-state index is 0.297. The highest BCUT2D eigenvalue weighted by atomic mass is 16.4. The van der Waals surface area contributed by atoms with Gasteiger partial charge in [-0.3, -0.25) is 9.69 Å². The van der Waals surface area contributed by atoms with Gasteiger partial charge in [0.05, 0.1) is 6.42 Å². The molecular formula is C13H25NO2. The Morgan fingerprint density at radius 3 is 2.44 bits per heavy atom. The Kier molecular flexibility index (Phi) is 6.46. The van der Waals surface area contributed by atoms with Crippen LogP contribution in [0.1, 0.15) is 58.3 Å². The standard InChI is InChI=1S/C13H25NO2/c1-2-3-4-5-6-10-14(12-7-8-12)11-9-13(15)16/h12H,2-11H2,1H3,(H,15,16). The van der Waals surface area contributed by atoms with E-state index < -0.39 is 5.97 Å². The molecule has 3 nitrogen and oxygen atoms in total. The molecule has 1 fully saturated rings. The van der Waals surface area contributed by atoms with Crippen molar-refractivity contribution in [3.05, 3.63) is 0 Å². The van der Waals surface area contributed by atoms with E-state index in [1.807, 2.05) is 0 Å². The van der Waals surface area contributed by atoms with Gasteiger partial charge in [0.25, 0.3) is 0 Å². The summed E-state index contributed by atoms with van der Waals surface area (Å²) in [4.78, 5) is 12.9. The van der Waals surface area contributed by atoms with Gasteiger partial charge in [-0.05, 0) is 25.8 Å². The van der Waals surface area contributed by atoms with Gasteiger partial charge in [0.1, 0.15) is 0 Å². The van der Waals surface area contributed by atoms with Gasteiger partial charge in [0.2, 0.25) is 0 Å². The zero-order valence-corrected chi connectivity index (χ0v) is 10.5. The third-order valence-corrected chi connectivity index (χ3v) is 3.23. The Morgan fingerprint density at radius 1 is 1.19 bits per heavy atom. The number of carboxylic acid groups (broad SMARTS) is 1. The molecule has 0 heterocycles. The van der Waals surface area contributed by atoms with Crippen LogP contribution in [0.3, 0.4) is 0 Å². The molecule has 0 amide bonds. The zero-order chi connectivity index (χ0) is 11.8. The van der Waals surface area contributed by atoms with E-state index in [0.717, 1.165) is 13.1 Å². The highest BCUT2D eigenvalue weighted by molar-refractivity contribution is 5.66. The van der Waals surface area contributed by atoms with Crippen molar-refractivity contribution in [3.63, 3.8) is 0 Å². The molecule has 0 spiro atoms. The lowest BCUT2D eigenvalue weighted by molar-refractivity contribution is -0.137. The second-order valence-electron chi connectivity index (χ2n) is 4.83. The number of unbranched alkanes of at least 4 members (excludes halogenated alkanes) is 4. The van der Waals surface area contributed by atoms with E-state index in [-0.39, 0.29) is 0 Å². The van der Waals surface area contributed by atoms with Crippen molar-refractivity contribution < 1.29 is 9.90 Å². The summed E-state index contributed by atoms with van der Waals surface area (Å²) in [6.45, 7) is 4.07. The Labute approximate surface area is 98.8 Å². The summed E-state index contributed by atoms with van der Waals surface area (Å²) in [5, 5.41) is 8.68. The normalized spacial score (nSPS) is 15.6. The lowest BCUT2D eigenvalue weighted by atomic mass is 10.1. The number of aliphatic carboxylic acids is 1. The summed E-state index contributed by atoms with van der Waals surface area (Å²) < 4.78 is 0. The molecule has 1 rings (SSSR count). The second-order valence-corrected chi connectivity index (χ2v) is 4.83. The molecule has 94 valence electrons. The van der Waals surface area contributed by atoms with Gasteiger partial charge < -0.3 is 5.11 Å². The lowest BCUT2D eigenvalue weighted by Gasteiger charge is -2.20. The predicted molar refractivity (Wildman–Crippen MR) is 65.6 cm³/mol. The molecule has 0 bridgehead atoms. The number of hydrogen-bond donors (Lipinski definition) is 1. The number of hydrogen-bond acceptors (Lipinski definition) is 2. The van der Waals surface area contributed by atoms with Crippen molar-refractivity contribution >= 4 is 5.97 Å². The average molecular weight is 227 g/mol. The Hall–Kier alpha value is -0.570. The van der Waals surface area contributed by atoms with Crippen LogP contribution >= 0.6 is 0 Å². The minimum Gasteiger partial charge on any atom is -0.481 e. The molecule has 0 saturated heterocycles. The first-order chi connectivity index (χ1) is 7.74. The molecule has 1 saturated carbocycles. The topological polar surface area (TPSA) is 40.5 Å². The van der Waals surface area contributed by atoms with Crippen LogP contribution in [0.2, 0.25) is 0 Å². The summed E-state index contributed by atoms with van der Waals surface area (Å²) in [5.74, 6) is -0.670. The van der Waals surface area contributed by atoms with Gasteiger partial charge in [-0.25, -0.2) is 0 Å². The van der Waals surface area contributed by atoms with Crippen LogP contribution in [-0.4, -0.2) is 35.1 Å². The summed E-state index contributed by atoms with van der Waals surface area (Å²) >= 11 is 0. The largest absolute Gasteiger partial charge is 0.481 e. The van der Waals surface area contributed by atoms with E-state index in [0.29, 0.717) is 12.5 Å². The lowest BCUT2D eigenvalue weighted by Crippen LogP contribution is -2.29.